The fraction of sp³-hybridized carbons (Fsp3) is 0.435. The number of carboxylic acid groups (broad SMARTS) is 1. The molecule has 1 aromatic heterocycles. The quantitative estimate of drug-likeness (QED) is 0.135. The Morgan fingerprint density at radius 2 is 2.14 bits per heavy atom. The number of nitrogens with one attached hydrogen (secondary N) is 1. The number of carbonyl (C=O) groups excluding carboxylic acids is 2. The van der Waals surface area contributed by atoms with Gasteiger partial charge in [0.15, 0.2) is 23.2 Å². The second-order valence-corrected chi connectivity index (χ2v) is 9.28. The molecule has 0 unspecified atom stereocenters. The molecule has 5 N–H and O–H groups in total. The van der Waals surface area contributed by atoms with Crippen molar-refractivity contribution in [2.75, 3.05) is 18.9 Å². The second kappa shape index (κ2) is 13.0. The van der Waals surface area contributed by atoms with E-state index >= 15 is 0 Å². The molecule has 1 aromatic carbocycles. The normalized spacial score (nSPS) is 15.1. The first-order valence-corrected chi connectivity index (χ1v) is 12.6. The molecule has 13 heteroatoms. The number of hydrogen-bond acceptors (Lipinski definition) is 10. The largest absolute Gasteiger partial charge is 0.535 e. The van der Waals surface area contributed by atoms with Gasteiger partial charge in [-0.15, -0.1) is 11.3 Å². The Labute approximate surface area is 212 Å². The molecule has 0 saturated carbocycles. The summed E-state index contributed by atoms with van der Waals surface area (Å²) in [5.41, 5.74) is 6.29. The van der Waals surface area contributed by atoms with Crippen LogP contribution in [0.1, 0.15) is 60.6 Å². The van der Waals surface area contributed by atoms with E-state index in [-0.39, 0.29) is 53.2 Å². The molecule has 0 spiro atoms. The van der Waals surface area contributed by atoms with Crippen molar-refractivity contribution in [2.24, 2.45) is 5.16 Å². The number of carboxylic acids is 1. The van der Waals surface area contributed by atoms with Crippen LogP contribution in [0.25, 0.3) is 0 Å². The van der Waals surface area contributed by atoms with Crippen molar-refractivity contribution in [1.29, 1.82) is 0 Å². The van der Waals surface area contributed by atoms with Crippen LogP contribution in [0.15, 0.2) is 28.7 Å². The van der Waals surface area contributed by atoms with Gasteiger partial charge in [-0.25, -0.2) is 9.78 Å². The zero-order valence-corrected chi connectivity index (χ0v) is 20.8. The second-order valence-electron chi connectivity index (χ2n) is 8.39. The highest BCUT2D eigenvalue weighted by atomic mass is 32.1. The Hall–Kier alpha value is -3.45. The predicted octanol–water partition coefficient (Wildman–Crippen LogP) is 2.29. The molecule has 1 aliphatic heterocycles. The number of nitrogens with two attached hydrogens (primary N) is 1. The number of benzene rings is 1. The van der Waals surface area contributed by atoms with Crippen LogP contribution in [-0.4, -0.2) is 58.8 Å². The van der Waals surface area contributed by atoms with Crippen LogP contribution < -0.4 is 15.7 Å². The third-order valence-corrected chi connectivity index (χ3v) is 6.31. The van der Waals surface area contributed by atoms with Crippen LogP contribution in [0, 0.1) is 0 Å². The molecule has 0 fully saturated rings. The summed E-state index contributed by atoms with van der Waals surface area (Å²) in [6.07, 6.45) is 4.14. The molecule has 11 nitrogen and oxygen atoms in total. The van der Waals surface area contributed by atoms with Gasteiger partial charge in [0.2, 0.25) is 0 Å². The molecule has 36 heavy (non-hydrogen) atoms. The lowest BCUT2D eigenvalue weighted by Crippen LogP contribution is -2.37. The summed E-state index contributed by atoms with van der Waals surface area (Å²) in [4.78, 5) is 45.9. The van der Waals surface area contributed by atoms with Gasteiger partial charge >= 0.3 is 13.1 Å². The van der Waals surface area contributed by atoms with Crippen molar-refractivity contribution < 1.29 is 34.0 Å². The summed E-state index contributed by atoms with van der Waals surface area (Å²) in [6.45, 7) is 2.27. The highest BCUT2D eigenvalue weighted by Crippen LogP contribution is 2.36. The van der Waals surface area contributed by atoms with Crippen LogP contribution in [-0.2, 0) is 20.8 Å². The van der Waals surface area contributed by atoms with Crippen molar-refractivity contribution in [3.63, 3.8) is 0 Å². The number of nitrogen functional groups attached to an aromatic ring is 1. The van der Waals surface area contributed by atoms with Gasteiger partial charge in [-0.1, -0.05) is 43.5 Å². The van der Waals surface area contributed by atoms with Crippen LogP contribution in [0.5, 0.6) is 5.75 Å². The first-order chi connectivity index (χ1) is 17.3. The first kappa shape index (κ1) is 27.1. The van der Waals surface area contributed by atoms with Crippen LogP contribution >= 0.6 is 11.3 Å². The fourth-order valence-corrected chi connectivity index (χ4v) is 4.33. The van der Waals surface area contributed by atoms with Gasteiger partial charge in [0.1, 0.15) is 11.4 Å². The average Bonchev–Trinajstić information content (AvgIpc) is 3.27. The number of carbonyl (C=O) groups is 3. The Balaban J connectivity index is 1.66. The smallest absolute Gasteiger partial charge is 0.526 e. The molecule has 1 aliphatic rings. The summed E-state index contributed by atoms with van der Waals surface area (Å²) >= 11 is 1.12. The molecule has 0 bridgehead atoms. The highest BCUT2D eigenvalue weighted by molar-refractivity contribution is 7.13. The van der Waals surface area contributed by atoms with E-state index in [1.807, 2.05) is 0 Å². The Kier molecular flexibility index (Phi) is 9.82. The molecule has 1 amide bonds. The van der Waals surface area contributed by atoms with E-state index < -0.39 is 24.7 Å². The van der Waals surface area contributed by atoms with Crippen molar-refractivity contribution in [3.8, 4) is 5.75 Å². The molecule has 192 valence electrons. The molecular weight excluding hydrogens is 487 g/mol. The van der Waals surface area contributed by atoms with Crippen molar-refractivity contribution >= 4 is 47.0 Å². The number of hydrogen-bond donors (Lipinski definition) is 4. The minimum absolute atomic E-state index is 0.0615. The van der Waals surface area contributed by atoms with Gasteiger partial charge in [0.05, 0.1) is 5.56 Å². The number of unbranched alkanes of at least 4 members (excludes halogenated alkanes) is 3. The number of nitrogens with zero attached hydrogens (tertiary/aromatic N) is 2. The third-order valence-electron chi connectivity index (χ3n) is 5.63. The van der Waals surface area contributed by atoms with Crippen LogP contribution in [0.3, 0.4) is 0 Å². The maximum atomic E-state index is 13.2. The van der Waals surface area contributed by atoms with E-state index in [9.17, 15) is 24.5 Å². The van der Waals surface area contributed by atoms with E-state index in [1.54, 1.807) is 17.5 Å². The van der Waals surface area contributed by atoms with Crippen LogP contribution in [0.4, 0.5) is 5.13 Å². The number of ketones is 1. The lowest BCUT2D eigenvalue weighted by Gasteiger charge is -2.28. The summed E-state index contributed by atoms with van der Waals surface area (Å²) in [5, 5.41) is 28.2. The zero-order valence-electron chi connectivity index (χ0n) is 19.9. The number of amides is 1. The molecule has 1 atom stereocenters. The summed E-state index contributed by atoms with van der Waals surface area (Å²) in [5.74, 6) is -2.60. The maximum absolute atomic E-state index is 13.2. The molecule has 0 aliphatic carbocycles. The van der Waals surface area contributed by atoms with E-state index in [2.05, 4.69) is 22.4 Å². The third kappa shape index (κ3) is 7.28. The van der Waals surface area contributed by atoms with Gasteiger partial charge in [-0.05, 0) is 24.5 Å². The van der Waals surface area contributed by atoms with E-state index in [0.717, 1.165) is 37.0 Å². The van der Waals surface area contributed by atoms with Gasteiger partial charge in [-0.2, -0.15) is 0 Å². The number of rotatable bonds is 13. The topological polar surface area (TPSA) is 173 Å². The molecule has 3 rings (SSSR count). The van der Waals surface area contributed by atoms with Crippen molar-refractivity contribution in [1.82, 2.24) is 10.3 Å². The number of oxime groups is 1. The Morgan fingerprint density at radius 3 is 2.83 bits per heavy atom. The predicted molar refractivity (Wildman–Crippen MR) is 135 cm³/mol. The molecule has 0 radical (unpaired) electrons. The van der Waals surface area contributed by atoms with Gasteiger partial charge < -0.3 is 30.7 Å². The monoisotopic (exact) mass is 516 g/mol. The van der Waals surface area contributed by atoms with E-state index in [1.165, 1.54) is 6.07 Å². The summed E-state index contributed by atoms with van der Waals surface area (Å²) in [6, 6.07) is 4.65. The SMILES string of the molecule is CCCCCCNC(=O)CO/N=C(\C(=O)C[C@H]1Cc2cccc(C(=O)O)c2OB1O)c1csc(N)n1. The van der Waals surface area contributed by atoms with Gasteiger partial charge in [0, 0.05) is 24.2 Å². The van der Waals surface area contributed by atoms with E-state index in [0.29, 0.717) is 12.1 Å². The Bertz CT molecular complexity index is 1120. The van der Waals surface area contributed by atoms with Crippen LogP contribution in [0.2, 0.25) is 5.82 Å². The number of thiazole rings is 1. The number of fused-ring (bicyclic) bond motifs is 1. The Morgan fingerprint density at radius 1 is 1.33 bits per heavy atom. The first-order valence-electron chi connectivity index (χ1n) is 11.7. The standard InChI is InChI=1S/C23H29BN4O7S/c1-2-3-4-5-9-26-19(30)12-34-28-20(17-13-36-23(25)27-17)18(29)11-15-10-14-7-6-8-16(22(31)32)21(14)35-24(15)33/h6-8,13,15,33H,2-5,9-12H2,1H3,(H2,25,27)(H,26,30)(H,31,32)/b28-20-/t15-/m1/s1. The van der Waals surface area contributed by atoms with Gasteiger partial charge in [0.25, 0.3) is 5.91 Å². The number of para-hydroxylation sites is 1. The van der Waals surface area contributed by atoms with E-state index in [4.69, 9.17) is 15.2 Å². The number of aromatic nitrogens is 1. The lowest BCUT2D eigenvalue weighted by atomic mass is 9.64. The minimum atomic E-state index is -1.40. The highest BCUT2D eigenvalue weighted by Gasteiger charge is 2.39. The summed E-state index contributed by atoms with van der Waals surface area (Å²) < 4.78 is 5.47. The molecule has 2 heterocycles. The summed E-state index contributed by atoms with van der Waals surface area (Å²) in [7, 11) is -1.40. The maximum Gasteiger partial charge on any atom is 0.526 e. The lowest BCUT2D eigenvalue weighted by molar-refractivity contribution is -0.125. The average molecular weight is 516 g/mol. The number of Topliss-reactive ketones (excluding diaryl/α,β-unsaturated/α-hetero) is 1. The fourth-order valence-electron chi connectivity index (χ4n) is 3.78. The molecule has 0 saturated heterocycles. The van der Waals surface area contributed by atoms with Crippen molar-refractivity contribution in [2.45, 2.75) is 51.3 Å². The minimum Gasteiger partial charge on any atom is -0.535 e. The zero-order chi connectivity index (χ0) is 26.1. The number of aromatic carboxylic acids is 1. The number of anilines is 1. The van der Waals surface area contributed by atoms with Gasteiger partial charge in [-0.3, -0.25) is 9.59 Å². The molecule has 2 aromatic rings. The van der Waals surface area contributed by atoms with Crippen molar-refractivity contribution in [3.05, 3.63) is 40.4 Å². The molecular formula is C23H29BN4O7S.